The largest absolute Gasteiger partial charge is 0.489 e. The minimum Gasteiger partial charge on any atom is -0.489 e. The first kappa shape index (κ1) is 20.7. The van der Waals surface area contributed by atoms with E-state index in [9.17, 15) is 4.79 Å². The van der Waals surface area contributed by atoms with Crippen molar-refractivity contribution in [1.82, 2.24) is 4.98 Å². The number of pyridine rings is 1. The third kappa shape index (κ3) is 4.05. The van der Waals surface area contributed by atoms with Crippen molar-refractivity contribution in [3.05, 3.63) is 39.8 Å². The summed E-state index contributed by atoms with van der Waals surface area (Å²) in [6, 6.07) is 5.68. The van der Waals surface area contributed by atoms with Gasteiger partial charge in [-0.05, 0) is 79.9 Å². The van der Waals surface area contributed by atoms with E-state index in [1.807, 2.05) is 12.1 Å². The molecule has 1 aromatic carbocycles. The Labute approximate surface area is 176 Å². The van der Waals surface area contributed by atoms with E-state index in [0.717, 1.165) is 63.5 Å². The second kappa shape index (κ2) is 8.66. The van der Waals surface area contributed by atoms with Crippen molar-refractivity contribution in [3.8, 4) is 5.75 Å². The lowest BCUT2D eigenvalue weighted by atomic mass is 9.59. The second-order valence-electron chi connectivity index (χ2n) is 8.63. The Hall–Kier alpha value is -1.56. The van der Waals surface area contributed by atoms with Gasteiger partial charge in [-0.15, -0.1) is 0 Å². The van der Waals surface area contributed by atoms with Crippen LogP contribution < -0.4 is 16.0 Å². The summed E-state index contributed by atoms with van der Waals surface area (Å²) in [7, 11) is 0. The molecule has 0 bridgehead atoms. The fraction of sp³-hybridized carbons (Fsp3) is 0.609. The first-order valence-electron chi connectivity index (χ1n) is 10.8. The van der Waals surface area contributed by atoms with Crippen molar-refractivity contribution in [2.75, 3.05) is 13.2 Å². The van der Waals surface area contributed by atoms with Gasteiger partial charge in [-0.3, -0.25) is 4.79 Å². The fourth-order valence-corrected chi connectivity index (χ4v) is 5.67. The molecular weight excluding hydrogens is 388 g/mol. The Kier molecular flexibility index (Phi) is 6.19. The predicted octanol–water partition coefficient (Wildman–Crippen LogP) is 4.65. The van der Waals surface area contributed by atoms with Crippen molar-refractivity contribution in [3.63, 3.8) is 0 Å². The number of aromatic nitrogens is 1. The standard InChI is InChI=1S/C23H31ClN2O3/c1-2-21(25)23(16-6-11-28-12-7-16)8-3-17(4-9-23)29-20-13-15-5-10-26-22(27)18(15)14-19(20)24/h5,10,13-14,16-17,21H,2-4,6-9,11-12,25H2,1H3,(H,26,27). The molecule has 2 aromatic rings. The quantitative estimate of drug-likeness (QED) is 0.740. The van der Waals surface area contributed by atoms with Gasteiger partial charge in [0, 0.05) is 30.8 Å². The lowest BCUT2D eigenvalue weighted by molar-refractivity contribution is -0.0398. The molecule has 1 aliphatic heterocycles. The number of rotatable bonds is 5. The molecule has 0 radical (unpaired) electrons. The molecule has 4 rings (SSSR count). The fourth-order valence-electron chi connectivity index (χ4n) is 5.47. The predicted molar refractivity (Wildman–Crippen MR) is 117 cm³/mol. The Morgan fingerprint density at radius 1 is 1.28 bits per heavy atom. The van der Waals surface area contributed by atoms with Crippen LogP contribution in [0.15, 0.2) is 29.2 Å². The zero-order chi connectivity index (χ0) is 20.4. The van der Waals surface area contributed by atoms with Crippen LogP contribution in [-0.4, -0.2) is 30.3 Å². The summed E-state index contributed by atoms with van der Waals surface area (Å²) in [6.45, 7) is 3.91. The minimum atomic E-state index is -0.136. The highest BCUT2D eigenvalue weighted by molar-refractivity contribution is 6.32. The summed E-state index contributed by atoms with van der Waals surface area (Å²) in [5, 5.41) is 1.91. The number of nitrogens with one attached hydrogen (secondary N) is 1. The van der Waals surface area contributed by atoms with Crippen LogP contribution in [0.2, 0.25) is 5.02 Å². The summed E-state index contributed by atoms with van der Waals surface area (Å²) in [4.78, 5) is 14.7. The molecule has 1 aliphatic carbocycles. The van der Waals surface area contributed by atoms with Crippen molar-refractivity contribution in [2.45, 2.75) is 64.0 Å². The number of nitrogens with two attached hydrogens (primary N) is 1. The van der Waals surface area contributed by atoms with Gasteiger partial charge in [0.1, 0.15) is 5.75 Å². The van der Waals surface area contributed by atoms with Crippen LogP contribution in [0.5, 0.6) is 5.75 Å². The van der Waals surface area contributed by atoms with E-state index in [1.54, 1.807) is 12.3 Å². The maximum atomic E-state index is 12.0. The summed E-state index contributed by atoms with van der Waals surface area (Å²) in [5.41, 5.74) is 6.73. The van der Waals surface area contributed by atoms with E-state index in [0.29, 0.717) is 22.1 Å². The minimum absolute atomic E-state index is 0.129. The average molecular weight is 419 g/mol. The highest BCUT2D eigenvalue weighted by atomic mass is 35.5. The molecule has 2 heterocycles. The Morgan fingerprint density at radius 2 is 2.00 bits per heavy atom. The summed E-state index contributed by atoms with van der Waals surface area (Å²) in [5.74, 6) is 1.30. The molecule has 3 N–H and O–H groups in total. The number of halogens is 1. The number of H-pyrrole nitrogens is 1. The van der Waals surface area contributed by atoms with E-state index in [4.69, 9.17) is 26.8 Å². The summed E-state index contributed by atoms with van der Waals surface area (Å²) in [6.07, 6.45) is 9.15. The number of hydrogen-bond donors (Lipinski definition) is 2. The van der Waals surface area contributed by atoms with Crippen molar-refractivity contribution >= 4 is 22.4 Å². The topological polar surface area (TPSA) is 77.3 Å². The molecule has 5 nitrogen and oxygen atoms in total. The van der Waals surface area contributed by atoms with Gasteiger partial charge in [0.25, 0.3) is 5.56 Å². The lowest BCUT2D eigenvalue weighted by Gasteiger charge is -2.50. The molecule has 1 atom stereocenters. The van der Waals surface area contributed by atoms with Gasteiger partial charge in [0.2, 0.25) is 0 Å². The van der Waals surface area contributed by atoms with Crippen molar-refractivity contribution < 1.29 is 9.47 Å². The smallest absolute Gasteiger partial charge is 0.255 e. The lowest BCUT2D eigenvalue weighted by Crippen LogP contribution is -2.51. The van der Waals surface area contributed by atoms with Crippen LogP contribution in [-0.2, 0) is 4.74 Å². The SMILES string of the molecule is CCC(N)C1(C2CCOCC2)CCC(Oc2cc3cc[nH]c(=O)c3cc2Cl)CC1. The zero-order valence-electron chi connectivity index (χ0n) is 17.1. The number of fused-ring (bicyclic) bond motifs is 1. The monoisotopic (exact) mass is 418 g/mol. The van der Waals surface area contributed by atoms with E-state index >= 15 is 0 Å². The van der Waals surface area contributed by atoms with E-state index in [1.165, 1.54) is 0 Å². The second-order valence-corrected chi connectivity index (χ2v) is 9.04. The number of hydrogen-bond acceptors (Lipinski definition) is 4. The molecular formula is C23H31ClN2O3. The van der Waals surface area contributed by atoms with E-state index in [2.05, 4.69) is 11.9 Å². The highest BCUT2D eigenvalue weighted by Crippen LogP contribution is 2.49. The Bertz CT molecular complexity index is 899. The molecule has 0 amide bonds. The molecule has 6 heteroatoms. The normalized spacial score (nSPS) is 27.1. The van der Waals surface area contributed by atoms with Crippen LogP contribution in [0.3, 0.4) is 0 Å². The molecule has 158 valence electrons. The van der Waals surface area contributed by atoms with Crippen molar-refractivity contribution in [2.24, 2.45) is 17.1 Å². The van der Waals surface area contributed by atoms with Crippen LogP contribution in [0.25, 0.3) is 10.8 Å². The molecule has 1 aromatic heterocycles. The Balaban J connectivity index is 1.49. The molecule has 0 spiro atoms. The van der Waals surface area contributed by atoms with Crippen molar-refractivity contribution in [1.29, 1.82) is 0 Å². The van der Waals surface area contributed by atoms with Crippen LogP contribution in [0.1, 0.15) is 51.9 Å². The van der Waals surface area contributed by atoms with Gasteiger partial charge in [-0.2, -0.15) is 0 Å². The molecule has 1 saturated carbocycles. The van der Waals surface area contributed by atoms with E-state index < -0.39 is 0 Å². The first-order valence-corrected chi connectivity index (χ1v) is 11.2. The molecule has 1 unspecified atom stereocenters. The molecule has 29 heavy (non-hydrogen) atoms. The van der Waals surface area contributed by atoms with E-state index in [-0.39, 0.29) is 23.1 Å². The molecule has 2 fully saturated rings. The third-order valence-corrected chi connectivity index (χ3v) is 7.49. The maximum absolute atomic E-state index is 12.0. The van der Waals surface area contributed by atoms with Crippen LogP contribution >= 0.6 is 11.6 Å². The maximum Gasteiger partial charge on any atom is 0.255 e. The zero-order valence-corrected chi connectivity index (χ0v) is 17.8. The van der Waals surface area contributed by atoms with Gasteiger partial charge in [-0.1, -0.05) is 18.5 Å². The van der Waals surface area contributed by atoms with Gasteiger partial charge in [0.15, 0.2) is 0 Å². The third-order valence-electron chi connectivity index (χ3n) is 7.20. The molecule has 1 saturated heterocycles. The van der Waals surface area contributed by atoms with Gasteiger partial charge in [0.05, 0.1) is 11.1 Å². The summed E-state index contributed by atoms with van der Waals surface area (Å²) < 4.78 is 11.9. The number of benzene rings is 1. The summed E-state index contributed by atoms with van der Waals surface area (Å²) >= 11 is 6.43. The first-order chi connectivity index (χ1) is 14.0. The number of aromatic amines is 1. The van der Waals surface area contributed by atoms with Gasteiger partial charge >= 0.3 is 0 Å². The molecule has 2 aliphatic rings. The average Bonchev–Trinajstić information content (AvgIpc) is 2.76. The Morgan fingerprint density at radius 3 is 2.69 bits per heavy atom. The number of ether oxygens (including phenoxy) is 2. The van der Waals surface area contributed by atoms with Gasteiger partial charge < -0.3 is 20.2 Å². The highest BCUT2D eigenvalue weighted by Gasteiger charge is 2.46. The van der Waals surface area contributed by atoms with Crippen LogP contribution in [0.4, 0.5) is 0 Å². The van der Waals surface area contributed by atoms with Crippen LogP contribution in [0, 0.1) is 11.3 Å². The van der Waals surface area contributed by atoms with Gasteiger partial charge in [-0.25, -0.2) is 0 Å².